The third-order valence-electron chi connectivity index (χ3n) is 8.68. The largest absolute Gasteiger partial charge is 0.393 e. The lowest BCUT2D eigenvalue weighted by atomic mass is 9.88. The minimum atomic E-state index is -0.0493. The second-order valence-electron chi connectivity index (χ2n) is 12.6. The van der Waals surface area contributed by atoms with E-state index in [4.69, 9.17) is 0 Å². The highest BCUT2D eigenvalue weighted by Crippen LogP contribution is 2.25. The van der Waals surface area contributed by atoms with Crippen molar-refractivity contribution in [3.63, 3.8) is 0 Å². The topological polar surface area (TPSA) is 20.2 Å². The number of hydrogen-bond donors (Lipinski definition) is 1. The van der Waals surface area contributed by atoms with Gasteiger partial charge in [0.2, 0.25) is 0 Å². The zero-order valence-corrected chi connectivity index (χ0v) is 26.5. The van der Waals surface area contributed by atoms with Crippen molar-refractivity contribution in [3.8, 4) is 0 Å². The van der Waals surface area contributed by atoms with Gasteiger partial charge in [-0.3, -0.25) is 0 Å². The molecule has 37 heavy (non-hydrogen) atoms. The van der Waals surface area contributed by atoms with Crippen LogP contribution in [0.2, 0.25) is 0 Å². The third-order valence-corrected chi connectivity index (χ3v) is 8.68. The average molecular weight is 523 g/mol. The van der Waals surface area contributed by atoms with Gasteiger partial charge in [0.25, 0.3) is 0 Å². The summed E-state index contributed by atoms with van der Waals surface area (Å²) >= 11 is 0. The smallest absolute Gasteiger partial charge is 0.0542 e. The van der Waals surface area contributed by atoms with Crippen molar-refractivity contribution in [3.05, 3.63) is 0 Å². The molecule has 0 heterocycles. The summed E-state index contributed by atoms with van der Waals surface area (Å²) in [6.45, 7) is 6.90. The number of aliphatic hydroxyl groups excluding tert-OH is 1. The first kappa shape index (κ1) is 37.0. The zero-order valence-electron chi connectivity index (χ0n) is 26.5. The van der Waals surface area contributed by atoms with E-state index in [1.165, 1.54) is 186 Å². The minimum Gasteiger partial charge on any atom is -0.393 e. The van der Waals surface area contributed by atoms with Crippen molar-refractivity contribution in [1.29, 1.82) is 0 Å². The molecule has 0 amide bonds. The molecule has 0 aliphatic carbocycles. The first-order valence-electron chi connectivity index (χ1n) is 17.9. The van der Waals surface area contributed by atoms with Crippen LogP contribution in [0.25, 0.3) is 0 Å². The Hall–Kier alpha value is -0.0400. The fourth-order valence-corrected chi connectivity index (χ4v) is 6.06. The van der Waals surface area contributed by atoms with Gasteiger partial charge in [-0.25, -0.2) is 0 Å². The molecular formula is C36H74O. The summed E-state index contributed by atoms with van der Waals surface area (Å²) in [4.78, 5) is 0. The van der Waals surface area contributed by atoms with E-state index in [0.29, 0.717) is 0 Å². The van der Waals surface area contributed by atoms with Crippen LogP contribution in [0.15, 0.2) is 0 Å². The molecule has 0 aromatic rings. The molecule has 0 saturated carbocycles. The predicted molar refractivity (Wildman–Crippen MR) is 170 cm³/mol. The van der Waals surface area contributed by atoms with Crippen LogP contribution < -0.4 is 0 Å². The monoisotopic (exact) mass is 523 g/mol. The molecule has 0 saturated heterocycles. The number of unbranched alkanes of at least 4 members (excludes halogenated alkanes) is 24. The van der Waals surface area contributed by atoms with Crippen LogP contribution >= 0.6 is 0 Å². The van der Waals surface area contributed by atoms with E-state index in [0.717, 1.165) is 18.8 Å². The standard InChI is InChI=1S/C36H74O/c1-4-7-10-13-16-19-21-23-26-29-32-35(31-28-25-22-18-15-12-9-6-3)34-36(37)33-30-27-24-20-17-14-11-8-5-2/h35-37H,4-34H2,1-3H3. The van der Waals surface area contributed by atoms with Gasteiger partial charge >= 0.3 is 0 Å². The van der Waals surface area contributed by atoms with E-state index in [9.17, 15) is 5.11 Å². The number of rotatable bonds is 32. The Kier molecular flexibility index (Phi) is 32.1. The summed E-state index contributed by atoms with van der Waals surface area (Å²) in [5, 5.41) is 10.8. The van der Waals surface area contributed by atoms with Gasteiger partial charge in [-0.1, -0.05) is 207 Å². The summed E-state index contributed by atoms with van der Waals surface area (Å²) in [5.41, 5.74) is 0. The van der Waals surface area contributed by atoms with Gasteiger partial charge in [0.15, 0.2) is 0 Å². The maximum atomic E-state index is 10.8. The van der Waals surface area contributed by atoms with Crippen molar-refractivity contribution >= 4 is 0 Å². The number of aliphatic hydroxyl groups is 1. The molecule has 0 spiro atoms. The van der Waals surface area contributed by atoms with Gasteiger partial charge in [0.1, 0.15) is 0 Å². The Morgan fingerprint density at radius 1 is 0.324 bits per heavy atom. The van der Waals surface area contributed by atoms with Crippen LogP contribution in [0, 0.1) is 5.92 Å². The molecular weight excluding hydrogens is 448 g/mol. The summed E-state index contributed by atoms with van der Waals surface area (Å²) in [5.74, 6) is 0.766. The molecule has 0 fully saturated rings. The van der Waals surface area contributed by atoms with Crippen molar-refractivity contribution in [2.75, 3.05) is 0 Å². The molecule has 0 aromatic carbocycles. The zero-order chi connectivity index (χ0) is 27.1. The summed E-state index contributed by atoms with van der Waals surface area (Å²) in [7, 11) is 0. The van der Waals surface area contributed by atoms with Crippen molar-refractivity contribution in [2.45, 2.75) is 226 Å². The second kappa shape index (κ2) is 32.2. The Morgan fingerprint density at radius 2 is 0.568 bits per heavy atom. The first-order valence-corrected chi connectivity index (χ1v) is 17.9. The highest BCUT2D eigenvalue weighted by molar-refractivity contribution is 4.67. The van der Waals surface area contributed by atoms with E-state index in [-0.39, 0.29) is 6.10 Å². The SMILES string of the molecule is CCCCCCCCCCCCC(CCCCCCCCCC)CC(O)CCCCCCCCCCC. The fraction of sp³-hybridized carbons (Fsp3) is 1.00. The quantitative estimate of drug-likeness (QED) is 0.0871. The van der Waals surface area contributed by atoms with Crippen LogP contribution in [0.3, 0.4) is 0 Å². The Balaban J connectivity index is 4.01. The molecule has 0 rings (SSSR count). The van der Waals surface area contributed by atoms with Crippen molar-refractivity contribution < 1.29 is 5.11 Å². The Morgan fingerprint density at radius 3 is 0.865 bits per heavy atom. The van der Waals surface area contributed by atoms with E-state index < -0.39 is 0 Å². The van der Waals surface area contributed by atoms with Crippen molar-refractivity contribution in [1.82, 2.24) is 0 Å². The summed E-state index contributed by atoms with van der Waals surface area (Å²) < 4.78 is 0. The maximum Gasteiger partial charge on any atom is 0.0542 e. The third kappa shape index (κ3) is 30.4. The molecule has 2 unspecified atom stereocenters. The molecule has 1 heteroatoms. The van der Waals surface area contributed by atoms with E-state index in [1.54, 1.807) is 0 Å². The van der Waals surface area contributed by atoms with E-state index in [1.807, 2.05) is 0 Å². The lowest BCUT2D eigenvalue weighted by Gasteiger charge is -2.21. The molecule has 2 atom stereocenters. The molecule has 1 nitrogen and oxygen atoms in total. The molecule has 0 radical (unpaired) electrons. The van der Waals surface area contributed by atoms with Gasteiger partial charge in [-0.15, -0.1) is 0 Å². The Labute approximate surface area is 236 Å². The average Bonchev–Trinajstić information content (AvgIpc) is 2.90. The molecule has 224 valence electrons. The highest BCUT2D eigenvalue weighted by Gasteiger charge is 2.14. The molecule has 0 aliphatic heterocycles. The van der Waals surface area contributed by atoms with Gasteiger partial charge < -0.3 is 5.11 Å². The summed E-state index contributed by atoms with van der Waals surface area (Å²) in [6.07, 6.45) is 42.7. The molecule has 1 N–H and O–H groups in total. The lowest BCUT2D eigenvalue weighted by molar-refractivity contribution is 0.123. The maximum absolute atomic E-state index is 10.8. The van der Waals surface area contributed by atoms with Crippen LogP contribution in [-0.4, -0.2) is 11.2 Å². The van der Waals surface area contributed by atoms with Gasteiger partial charge in [-0.2, -0.15) is 0 Å². The van der Waals surface area contributed by atoms with Crippen LogP contribution in [0.5, 0.6) is 0 Å². The normalized spacial score (nSPS) is 13.3. The van der Waals surface area contributed by atoms with E-state index in [2.05, 4.69) is 20.8 Å². The van der Waals surface area contributed by atoms with Crippen molar-refractivity contribution in [2.24, 2.45) is 5.92 Å². The lowest BCUT2D eigenvalue weighted by Crippen LogP contribution is -2.14. The van der Waals surface area contributed by atoms with Gasteiger partial charge in [0, 0.05) is 0 Å². The fourth-order valence-electron chi connectivity index (χ4n) is 6.06. The second-order valence-corrected chi connectivity index (χ2v) is 12.6. The van der Waals surface area contributed by atoms with Crippen LogP contribution in [-0.2, 0) is 0 Å². The highest BCUT2D eigenvalue weighted by atomic mass is 16.3. The van der Waals surface area contributed by atoms with Crippen LogP contribution in [0.1, 0.15) is 220 Å². The minimum absolute atomic E-state index is 0.0493. The van der Waals surface area contributed by atoms with E-state index >= 15 is 0 Å². The molecule has 0 aliphatic rings. The predicted octanol–water partition coefficient (Wildman–Crippen LogP) is 13.1. The number of hydrogen-bond acceptors (Lipinski definition) is 1. The van der Waals surface area contributed by atoms with Crippen LogP contribution in [0.4, 0.5) is 0 Å². The molecule has 0 bridgehead atoms. The first-order chi connectivity index (χ1) is 18.2. The van der Waals surface area contributed by atoms with Gasteiger partial charge in [-0.05, 0) is 18.8 Å². The molecule has 0 aromatic heterocycles. The Bertz CT molecular complexity index is 392. The summed E-state index contributed by atoms with van der Waals surface area (Å²) in [6, 6.07) is 0. The van der Waals surface area contributed by atoms with Gasteiger partial charge in [0.05, 0.1) is 6.10 Å².